The third kappa shape index (κ3) is 4.24. The fourth-order valence-corrected chi connectivity index (χ4v) is 4.68. The normalized spacial score (nSPS) is 15.4. The number of nitrogens with zero attached hydrogens (tertiary/aromatic N) is 4. The fraction of sp³-hybridized carbons (Fsp3) is 0.318. The molecule has 1 aliphatic rings. The van der Waals surface area contributed by atoms with E-state index in [1.165, 1.54) is 17.3 Å². The van der Waals surface area contributed by atoms with E-state index in [0.29, 0.717) is 29.1 Å². The summed E-state index contributed by atoms with van der Waals surface area (Å²) in [5.74, 6) is 1.11. The first-order valence-electron chi connectivity index (χ1n) is 9.79. The zero-order valence-corrected chi connectivity index (χ0v) is 18.5. The molecule has 1 aliphatic heterocycles. The second kappa shape index (κ2) is 9.20. The molecule has 2 heterocycles. The van der Waals surface area contributed by atoms with Gasteiger partial charge < -0.3 is 9.64 Å². The summed E-state index contributed by atoms with van der Waals surface area (Å²) in [4.78, 5) is 14.9. The predicted octanol–water partition coefficient (Wildman–Crippen LogP) is 4.31. The second-order valence-corrected chi connectivity index (χ2v) is 8.57. The van der Waals surface area contributed by atoms with Gasteiger partial charge in [0.15, 0.2) is 11.0 Å². The Kier molecular flexibility index (Phi) is 6.41. The Labute approximate surface area is 185 Å². The first kappa shape index (κ1) is 20.9. The highest BCUT2D eigenvalue weighted by atomic mass is 35.5. The number of thioether (sulfide) groups is 1. The first-order chi connectivity index (χ1) is 14.6. The maximum absolute atomic E-state index is 13.0. The van der Waals surface area contributed by atoms with Gasteiger partial charge >= 0.3 is 0 Å². The van der Waals surface area contributed by atoms with Crippen molar-refractivity contribution in [1.82, 2.24) is 14.8 Å². The van der Waals surface area contributed by atoms with E-state index in [1.807, 2.05) is 51.9 Å². The topological polar surface area (TPSA) is 60.2 Å². The molecule has 0 radical (unpaired) electrons. The summed E-state index contributed by atoms with van der Waals surface area (Å²) < 4.78 is 7.25. The van der Waals surface area contributed by atoms with Gasteiger partial charge in [0.2, 0.25) is 5.91 Å². The highest BCUT2D eigenvalue weighted by Crippen LogP contribution is 2.33. The van der Waals surface area contributed by atoms with Gasteiger partial charge in [-0.3, -0.25) is 9.36 Å². The number of methoxy groups -OCH3 is 1. The molecular weight excluding hydrogens is 420 g/mol. The third-order valence-electron chi connectivity index (χ3n) is 5.14. The molecule has 0 bridgehead atoms. The van der Waals surface area contributed by atoms with E-state index in [-0.39, 0.29) is 11.9 Å². The summed E-state index contributed by atoms with van der Waals surface area (Å²) in [6.07, 6.45) is 0.886. The first-order valence-corrected chi connectivity index (χ1v) is 11.2. The van der Waals surface area contributed by atoms with Crippen LogP contribution in [0.3, 0.4) is 0 Å². The van der Waals surface area contributed by atoms with Crippen molar-refractivity contribution in [2.75, 3.05) is 24.4 Å². The molecular formula is C22H23ClN4O2S. The van der Waals surface area contributed by atoms with Gasteiger partial charge in [0.1, 0.15) is 0 Å². The number of carbonyl (C=O) groups excluding carboxylic acids is 1. The molecule has 8 heteroatoms. The minimum absolute atomic E-state index is 0.0757. The van der Waals surface area contributed by atoms with Crippen LogP contribution in [0.5, 0.6) is 0 Å². The summed E-state index contributed by atoms with van der Waals surface area (Å²) >= 11 is 7.42. The highest BCUT2D eigenvalue weighted by molar-refractivity contribution is 7.99. The molecule has 0 N–H and O–H groups in total. The van der Waals surface area contributed by atoms with Gasteiger partial charge in [0, 0.05) is 29.4 Å². The van der Waals surface area contributed by atoms with Crippen LogP contribution in [0.25, 0.3) is 11.4 Å². The standard InChI is InChI=1S/C22H23ClN4O2S/c1-15-13-17-5-3-4-6-19(17)27(15)20(28)14-30-22-25-24-21(26(22)11-12-29-2)16-7-9-18(23)10-8-16/h3-10,15H,11-14H2,1-2H3/t15-/m1/s1. The molecule has 0 spiro atoms. The molecule has 156 valence electrons. The number of benzene rings is 2. The Bertz CT molecular complexity index is 1040. The molecule has 0 aliphatic carbocycles. The molecule has 1 aromatic heterocycles. The van der Waals surface area contributed by atoms with E-state index < -0.39 is 0 Å². The van der Waals surface area contributed by atoms with E-state index in [9.17, 15) is 4.79 Å². The largest absolute Gasteiger partial charge is 0.383 e. The molecule has 0 unspecified atom stereocenters. The second-order valence-electron chi connectivity index (χ2n) is 7.19. The highest BCUT2D eigenvalue weighted by Gasteiger charge is 2.30. The molecule has 6 nitrogen and oxygen atoms in total. The smallest absolute Gasteiger partial charge is 0.237 e. The van der Waals surface area contributed by atoms with Crippen LogP contribution in [-0.2, 0) is 22.5 Å². The van der Waals surface area contributed by atoms with Crippen molar-refractivity contribution in [3.05, 3.63) is 59.1 Å². The number of hydrogen-bond acceptors (Lipinski definition) is 5. The number of ether oxygens (including phenoxy) is 1. The van der Waals surface area contributed by atoms with Crippen molar-refractivity contribution in [3.8, 4) is 11.4 Å². The maximum Gasteiger partial charge on any atom is 0.237 e. The number of fused-ring (bicyclic) bond motifs is 1. The van der Waals surface area contributed by atoms with Crippen LogP contribution in [0.1, 0.15) is 12.5 Å². The SMILES string of the molecule is COCCn1c(SCC(=O)N2c3ccccc3C[C@H]2C)nnc1-c1ccc(Cl)cc1. The number of rotatable bonds is 7. The van der Waals surface area contributed by atoms with E-state index in [4.69, 9.17) is 16.3 Å². The Morgan fingerprint density at radius 1 is 1.20 bits per heavy atom. The van der Waals surface area contributed by atoms with Gasteiger partial charge in [0.25, 0.3) is 0 Å². The third-order valence-corrected chi connectivity index (χ3v) is 6.34. The maximum atomic E-state index is 13.0. The lowest BCUT2D eigenvalue weighted by molar-refractivity contribution is -0.116. The molecule has 2 aromatic carbocycles. The molecule has 0 fully saturated rings. The van der Waals surface area contributed by atoms with Crippen LogP contribution in [-0.4, -0.2) is 46.2 Å². The van der Waals surface area contributed by atoms with Crippen molar-refractivity contribution in [3.63, 3.8) is 0 Å². The number of anilines is 1. The zero-order chi connectivity index (χ0) is 21.1. The van der Waals surface area contributed by atoms with Crippen LogP contribution >= 0.6 is 23.4 Å². The minimum Gasteiger partial charge on any atom is -0.383 e. The lowest BCUT2D eigenvalue weighted by Crippen LogP contribution is -2.37. The Morgan fingerprint density at radius 3 is 2.73 bits per heavy atom. The molecule has 4 rings (SSSR count). The van der Waals surface area contributed by atoms with Gasteiger partial charge in [-0.2, -0.15) is 0 Å². The van der Waals surface area contributed by atoms with Crippen molar-refractivity contribution in [2.45, 2.75) is 31.1 Å². The summed E-state index contributed by atoms with van der Waals surface area (Å²) in [5, 5.41) is 10.1. The number of hydrogen-bond donors (Lipinski definition) is 0. The number of carbonyl (C=O) groups is 1. The Balaban J connectivity index is 1.53. The molecule has 3 aromatic rings. The van der Waals surface area contributed by atoms with Crippen molar-refractivity contribution >= 4 is 35.0 Å². The van der Waals surface area contributed by atoms with Crippen LogP contribution in [0, 0.1) is 0 Å². The summed E-state index contributed by atoms with van der Waals surface area (Å²) in [7, 11) is 1.66. The van der Waals surface area contributed by atoms with Gasteiger partial charge in [-0.05, 0) is 49.2 Å². The quantitative estimate of drug-likeness (QED) is 0.510. The summed E-state index contributed by atoms with van der Waals surface area (Å²) in [6, 6.07) is 15.7. The van der Waals surface area contributed by atoms with E-state index in [0.717, 1.165) is 23.5 Å². The van der Waals surface area contributed by atoms with Crippen molar-refractivity contribution < 1.29 is 9.53 Å². The minimum atomic E-state index is 0.0757. The summed E-state index contributed by atoms with van der Waals surface area (Å²) in [6.45, 7) is 3.21. The lowest BCUT2D eigenvalue weighted by Gasteiger charge is -2.22. The number of amides is 1. The van der Waals surface area contributed by atoms with Gasteiger partial charge in [0.05, 0.1) is 18.9 Å². The van der Waals surface area contributed by atoms with Crippen LogP contribution in [0.15, 0.2) is 53.7 Å². The number of aromatic nitrogens is 3. The lowest BCUT2D eigenvalue weighted by atomic mass is 10.1. The molecule has 1 atom stereocenters. The fourth-order valence-electron chi connectivity index (χ4n) is 3.73. The van der Waals surface area contributed by atoms with Crippen LogP contribution in [0.4, 0.5) is 5.69 Å². The van der Waals surface area contributed by atoms with Crippen LogP contribution in [0.2, 0.25) is 5.02 Å². The summed E-state index contributed by atoms with van der Waals surface area (Å²) in [5.41, 5.74) is 3.15. The molecule has 0 saturated heterocycles. The van der Waals surface area contributed by atoms with Crippen molar-refractivity contribution in [1.29, 1.82) is 0 Å². The van der Waals surface area contributed by atoms with Crippen molar-refractivity contribution in [2.24, 2.45) is 0 Å². The van der Waals surface area contributed by atoms with E-state index in [1.54, 1.807) is 7.11 Å². The number of halogens is 1. The average molecular weight is 443 g/mol. The average Bonchev–Trinajstić information content (AvgIpc) is 3.30. The van der Waals surface area contributed by atoms with Gasteiger partial charge in [-0.1, -0.05) is 41.6 Å². The molecule has 0 saturated carbocycles. The van der Waals surface area contributed by atoms with E-state index >= 15 is 0 Å². The van der Waals surface area contributed by atoms with Gasteiger partial charge in [-0.15, -0.1) is 10.2 Å². The number of para-hydroxylation sites is 1. The Hall–Kier alpha value is -2.35. The monoisotopic (exact) mass is 442 g/mol. The molecule has 30 heavy (non-hydrogen) atoms. The Morgan fingerprint density at radius 2 is 1.97 bits per heavy atom. The molecule has 1 amide bonds. The van der Waals surface area contributed by atoms with Crippen LogP contribution < -0.4 is 4.90 Å². The predicted molar refractivity (Wildman–Crippen MR) is 120 cm³/mol. The van der Waals surface area contributed by atoms with E-state index in [2.05, 4.69) is 23.2 Å². The van der Waals surface area contributed by atoms with Gasteiger partial charge in [-0.25, -0.2) is 0 Å². The zero-order valence-electron chi connectivity index (χ0n) is 16.9.